The van der Waals surface area contributed by atoms with E-state index in [0.717, 1.165) is 28.1 Å². The summed E-state index contributed by atoms with van der Waals surface area (Å²) in [5, 5.41) is 13.4. The van der Waals surface area contributed by atoms with Gasteiger partial charge in [0.25, 0.3) is 0 Å². The van der Waals surface area contributed by atoms with Gasteiger partial charge < -0.3 is 14.5 Å². The summed E-state index contributed by atoms with van der Waals surface area (Å²) in [6, 6.07) is 7.43. The first kappa shape index (κ1) is 16.2. The zero-order valence-electron chi connectivity index (χ0n) is 13.8. The minimum absolute atomic E-state index is 0.0456. The smallest absolute Gasteiger partial charge is 0.312 e. The number of rotatable bonds is 4. The van der Waals surface area contributed by atoms with E-state index in [2.05, 4.69) is 5.16 Å². The number of carboxylic acid groups (broad SMARTS) is 1. The lowest BCUT2D eigenvalue weighted by atomic mass is 9.89. The van der Waals surface area contributed by atoms with E-state index in [1.165, 1.54) is 0 Å². The molecule has 2 heterocycles. The molecule has 6 nitrogen and oxygen atoms in total. The predicted octanol–water partition coefficient (Wildman–Crippen LogP) is 2.43. The number of hydrogen-bond donors (Lipinski definition) is 1. The average Bonchev–Trinajstić information content (AvgIpc) is 2.89. The summed E-state index contributed by atoms with van der Waals surface area (Å²) in [6.45, 7) is 4.36. The highest BCUT2D eigenvalue weighted by Gasteiger charge is 2.32. The molecule has 1 aliphatic heterocycles. The van der Waals surface area contributed by atoms with Gasteiger partial charge in [-0.15, -0.1) is 0 Å². The second kappa shape index (κ2) is 6.47. The quantitative estimate of drug-likeness (QED) is 0.932. The van der Waals surface area contributed by atoms with Crippen molar-refractivity contribution in [2.75, 3.05) is 6.54 Å². The summed E-state index contributed by atoms with van der Waals surface area (Å²) >= 11 is 0. The van der Waals surface area contributed by atoms with Gasteiger partial charge in [0.15, 0.2) is 0 Å². The van der Waals surface area contributed by atoms with E-state index in [4.69, 9.17) is 4.52 Å². The van der Waals surface area contributed by atoms with E-state index in [0.29, 0.717) is 19.4 Å². The van der Waals surface area contributed by atoms with Crippen LogP contribution in [0.25, 0.3) is 0 Å². The monoisotopic (exact) mass is 328 g/mol. The molecule has 0 spiro atoms. The zero-order valence-corrected chi connectivity index (χ0v) is 13.8. The molecule has 3 rings (SSSR count). The third-order valence-corrected chi connectivity index (χ3v) is 4.62. The number of aryl methyl sites for hydroxylation is 2. The topological polar surface area (TPSA) is 83.6 Å². The van der Waals surface area contributed by atoms with E-state index in [9.17, 15) is 14.7 Å². The van der Waals surface area contributed by atoms with E-state index < -0.39 is 11.9 Å². The molecule has 0 saturated heterocycles. The lowest BCUT2D eigenvalue weighted by Gasteiger charge is -2.33. The Morgan fingerprint density at radius 3 is 2.75 bits per heavy atom. The van der Waals surface area contributed by atoms with Gasteiger partial charge in [0, 0.05) is 25.1 Å². The Hall–Kier alpha value is -2.63. The molecule has 1 amide bonds. The maximum atomic E-state index is 12.6. The lowest BCUT2D eigenvalue weighted by Crippen LogP contribution is -2.40. The van der Waals surface area contributed by atoms with Crippen LogP contribution in [-0.2, 0) is 22.6 Å². The third kappa shape index (κ3) is 3.04. The van der Waals surface area contributed by atoms with E-state index in [-0.39, 0.29) is 12.5 Å². The van der Waals surface area contributed by atoms with Gasteiger partial charge in [-0.25, -0.2) is 0 Å². The highest BCUT2D eigenvalue weighted by Crippen LogP contribution is 2.29. The van der Waals surface area contributed by atoms with Crippen molar-refractivity contribution in [1.29, 1.82) is 0 Å². The van der Waals surface area contributed by atoms with Crippen LogP contribution in [0.15, 0.2) is 28.8 Å². The van der Waals surface area contributed by atoms with Crippen LogP contribution < -0.4 is 0 Å². The summed E-state index contributed by atoms with van der Waals surface area (Å²) in [5.41, 5.74) is 3.46. The average molecular weight is 328 g/mol. The Bertz CT molecular complexity index is 762. The number of carbonyl (C=O) groups excluding carboxylic acids is 1. The summed E-state index contributed by atoms with van der Waals surface area (Å²) in [6.07, 6.45) is 0.868. The maximum absolute atomic E-state index is 12.6. The second-order valence-corrected chi connectivity index (χ2v) is 6.17. The summed E-state index contributed by atoms with van der Waals surface area (Å²) < 4.78 is 5.12. The Morgan fingerprint density at radius 1 is 1.33 bits per heavy atom. The van der Waals surface area contributed by atoms with Crippen LogP contribution in [0.2, 0.25) is 0 Å². The minimum Gasteiger partial charge on any atom is -0.481 e. The van der Waals surface area contributed by atoms with Gasteiger partial charge in [-0.05, 0) is 31.4 Å². The Kier molecular flexibility index (Phi) is 4.38. The molecular formula is C18H20N2O4. The van der Waals surface area contributed by atoms with Crippen molar-refractivity contribution >= 4 is 11.9 Å². The summed E-state index contributed by atoms with van der Waals surface area (Å²) in [7, 11) is 0. The zero-order chi connectivity index (χ0) is 17.3. The van der Waals surface area contributed by atoms with Gasteiger partial charge in [-0.3, -0.25) is 9.59 Å². The molecule has 1 atom stereocenters. The van der Waals surface area contributed by atoms with Crippen LogP contribution in [0.5, 0.6) is 0 Å². The van der Waals surface area contributed by atoms with Crippen LogP contribution in [0, 0.1) is 13.8 Å². The van der Waals surface area contributed by atoms with Crippen molar-refractivity contribution in [3.05, 3.63) is 52.4 Å². The molecule has 0 aliphatic carbocycles. The standard InChI is InChI=1S/C18H20N2O4/c1-11-14(12(2)24-19-11)7-8-17(21)20-9-13-5-3-4-6-15(13)16(10-20)18(22)23/h3-6,16H,7-10H2,1-2H3,(H,22,23). The van der Waals surface area contributed by atoms with Crippen molar-refractivity contribution < 1.29 is 19.2 Å². The van der Waals surface area contributed by atoms with Crippen molar-refractivity contribution in [2.24, 2.45) is 0 Å². The number of fused-ring (bicyclic) bond motifs is 1. The molecular weight excluding hydrogens is 308 g/mol. The summed E-state index contributed by atoms with van der Waals surface area (Å²) in [4.78, 5) is 25.8. The number of nitrogens with zero attached hydrogens (tertiary/aromatic N) is 2. The van der Waals surface area contributed by atoms with E-state index in [1.807, 2.05) is 38.1 Å². The molecule has 0 radical (unpaired) electrons. The van der Waals surface area contributed by atoms with E-state index >= 15 is 0 Å². The first-order valence-electron chi connectivity index (χ1n) is 7.97. The van der Waals surface area contributed by atoms with Crippen molar-refractivity contribution in [3.8, 4) is 0 Å². The fourth-order valence-corrected chi connectivity index (χ4v) is 3.26. The van der Waals surface area contributed by atoms with Crippen molar-refractivity contribution in [2.45, 2.75) is 39.2 Å². The van der Waals surface area contributed by atoms with Gasteiger partial charge in [0.1, 0.15) is 5.76 Å². The molecule has 1 unspecified atom stereocenters. The van der Waals surface area contributed by atoms with Crippen molar-refractivity contribution in [1.82, 2.24) is 10.1 Å². The largest absolute Gasteiger partial charge is 0.481 e. The number of amides is 1. The van der Waals surface area contributed by atoms with Gasteiger partial charge in [-0.2, -0.15) is 0 Å². The Balaban J connectivity index is 1.73. The fourth-order valence-electron chi connectivity index (χ4n) is 3.26. The first-order valence-corrected chi connectivity index (χ1v) is 7.97. The summed E-state index contributed by atoms with van der Waals surface area (Å²) in [5.74, 6) is -0.882. The van der Waals surface area contributed by atoms with Crippen LogP contribution in [-0.4, -0.2) is 33.6 Å². The molecule has 1 aromatic carbocycles. The highest BCUT2D eigenvalue weighted by atomic mass is 16.5. The Labute approximate surface area is 140 Å². The fraction of sp³-hybridized carbons (Fsp3) is 0.389. The highest BCUT2D eigenvalue weighted by molar-refractivity contribution is 5.81. The van der Waals surface area contributed by atoms with Crippen LogP contribution >= 0.6 is 0 Å². The minimum atomic E-state index is -0.898. The molecule has 1 aromatic heterocycles. The molecule has 126 valence electrons. The lowest BCUT2D eigenvalue weighted by molar-refractivity contribution is -0.141. The number of carboxylic acids is 1. The SMILES string of the molecule is Cc1noc(C)c1CCC(=O)N1Cc2ccccc2C(C(=O)O)C1. The normalized spacial score (nSPS) is 16.8. The van der Waals surface area contributed by atoms with Crippen molar-refractivity contribution in [3.63, 3.8) is 0 Å². The first-order chi connectivity index (χ1) is 11.5. The maximum Gasteiger partial charge on any atom is 0.312 e. The number of hydrogen-bond acceptors (Lipinski definition) is 4. The molecule has 1 aliphatic rings. The number of aromatic nitrogens is 1. The van der Waals surface area contributed by atoms with Gasteiger partial charge >= 0.3 is 5.97 Å². The molecule has 1 N–H and O–H groups in total. The Morgan fingerprint density at radius 2 is 2.08 bits per heavy atom. The van der Waals surface area contributed by atoms with Crippen LogP contribution in [0.1, 0.15) is 40.5 Å². The molecule has 0 saturated carbocycles. The number of aliphatic carboxylic acids is 1. The predicted molar refractivity (Wildman–Crippen MR) is 86.5 cm³/mol. The number of carbonyl (C=O) groups is 2. The van der Waals surface area contributed by atoms with Gasteiger partial charge in [0.2, 0.25) is 5.91 Å². The van der Waals surface area contributed by atoms with E-state index in [1.54, 1.807) is 4.90 Å². The van der Waals surface area contributed by atoms with Gasteiger partial charge in [0.05, 0.1) is 11.6 Å². The number of benzene rings is 1. The molecule has 6 heteroatoms. The third-order valence-electron chi connectivity index (χ3n) is 4.62. The van der Waals surface area contributed by atoms with Crippen LogP contribution in [0.3, 0.4) is 0 Å². The molecule has 2 aromatic rings. The molecule has 0 fully saturated rings. The van der Waals surface area contributed by atoms with Crippen LogP contribution in [0.4, 0.5) is 0 Å². The molecule has 0 bridgehead atoms. The second-order valence-electron chi connectivity index (χ2n) is 6.17. The molecule has 24 heavy (non-hydrogen) atoms. The van der Waals surface area contributed by atoms with Gasteiger partial charge in [-0.1, -0.05) is 29.4 Å².